The van der Waals surface area contributed by atoms with E-state index in [1.807, 2.05) is 12.1 Å². The van der Waals surface area contributed by atoms with Gasteiger partial charge in [0.05, 0.1) is 44.1 Å². The van der Waals surface area contributed by atoms with Crippen molar-refractivity contribution in [2.24, 2.45) is 0 Å². The quantitative estimate of drug-likeness (QED) is 0.178. The first-order valence-corrected chi connectivity index (χ1v) is 21.5. The van der Waals surface area contributed by atoms with Gasteiger partial charge in [-0.05, 0) is 89.0 Å². The van der Waals surface area contributed by atoms with Gasteiger partial charge in [0.2, 0.25) is 0 Å². The maximum Gasteiger partial charge on any atom is 0.165 e. The van der Waals surface area contributed by atoms with Crippen LogP contribution in [0.2, 0.25) is 0 Å². The molecule has 0 atom stereocenters. The molecule has 0 spiro atoms. The highest BCUT2D eigenvalue weighted by atomic mass is 15.1. The van der Waals surface area contributed by atoms with E-state index in [1.165, 1.54) is 65.0 Å². The maximum atomic E-state index is 5.50. The lowest BCUT2D eigenvalue weighted by Gasteiger charge is -2.15. The molecule has 292 valence electrons. The van der Waals surface area contributed by atoms with Crippen LogP contribution in [-0.2, 0) is 0 Å². The van der Waals surface area contributed by atoms with E-state index in [4.69, 9.17) is 9.97 Å². The summed E-state index contributed by atoms with van der Waals surface area (Å²) in [7, 11) is 0. The van der Waals surface area contributed by atoms with Crippen molar-refractivity contribution >= 4 is 98.0 Å². The topological polar surface area (TPSA) is 40.6 Å². The SMILES string of the molecule is c1ccc(-n2c3ccccc3c3ccc(-c4nc5ccccc5nc4-n4c5ccccc5c5cc6cc(-n7c8ccccc8c8ccc9ccccc9c87)ccc6cc54)cc32)cc1. The number of fused-ring (bicyclic) bond motifs is 13. The van der Waals surface area contributed by atoms with Crippen molar-refractivity contribution in [1.82, 2.24) is 23.7 Å². The van der Waals surface area contributed by atoms with Crippen LogP contribution >= 0.6 is 0 Å². The molecule has 0 saturated heterocycles. The Labute approximate surface area is 360 Å². The van der Waals surface area contributed by atoms with Crippen LogP contribution in [0.1, 0.15) is 0 Å². The van der Waals surface area contributed by atoms with Gasteiger partial charge < -0.3 is 9.13 Å². The number of nitrogens with zero attached hydrogens (tertiary/aromatic N) is 5. The minimum atomic E-state index is 0.801. The Hall–Kier alpha value is -8.54. The molecule has 0 aliphatic rings. The molecule has 0 fully saturated rings. The third-order valence-electron chi connectivity index (χ3n) is 13.2. The molecule has 5 heteroatoms. The minimum Gasteiger partial charge on any atom is -0.309 e. The van der Waals surface area contributed by atoms with Gasteiger partial charge >= 0.3 is 0 Å². The van der Waals surface area contributed by atoms with Crippen LogP contribution in [0.5, 0.6) is 0 Å². The van der Waals surface area contributed by atoms with Crippen molar-refractivity contribution in [3.05, 3.63) is 212 Å². The van der Waals surface area contributed by atoms with Crippen LogP contribution in [0.15, 0.2) is 212 Å². The van der Waals surface area contributed by atoms with Gasteiger partial charge in [0, 0.05) is 54.6 Å². The Morgan fingerprint density at radius 2 is 0.857 bits per heavy atom. The average Bonchev–Trinajstić information content (AvgIpc) is 3.98. The largest absolute Gasteiger partial charge is 0.309 e. The summed E-state index contributed by atoms with van der Waals surface area (Å²) in [5, 5.41) is 12.1. The Morgan fingerprint density at radius 3 is 1.65 bits per heavy atom. The van der Waals surface area contributed by atoms with Crippen LogP contribution in [0.3, 0.4) is 0 Å². The highest BCUT2D eigenvalue weighted by Gasteiger charge is 2.22. The zero-order valence-corrected chi connectivity index (χ0v) is 33.9. The van der Waals surface area contributed by atoms with Gasteiger partial charge in [-0.15, -0.1) is 0 Å². The van der Waals surface area contributed by atoms with Gasteiger partial charge in [-0.3, -0.25) is 4.57 Å². The molecule has 5 nitrogen and oxygen atoms in total. The van der Waals surface area contributed by atoms with E-state index in [1.54, 1.807) is 0 Å². The molecular weight excluding hydrogens is 767 g/mol. The first kappa shape index (κ1) is 34.2. The standard InChI is InChI=1S/C58H35N5/c1-2-15-40(16-3-1)61-51-23-11-6-18-43(51)46-30-28-38(35-54(46)61)56-58(60-50-22-10-9-21-49(50)59-56)63-53-25-13-8-20-45(53)48-33-39-32-41(29-26-37(39)34-55(48)63)62-52-24-12-7-19-44(52)47-31-27-36-14-4-5-17-42(36)57(47)62/h1-35H. The molecule has 0 unspecified atom stereocenters. The van der Waals surface area contributed by atoms with Gasteiger partial charge in [0.25, 0.3) is 0 Å². The van der Waals surface area contributed by atoms with Gasteiger partial charge in [0.1, 0.15) is 5.69 Å². The van der Waals surface area contributed by atoms with Crippen molar-refractivity contribution in [3.8, 4) is 28.5 Å². The van der Waals surface area contributed by atoms with Crippen molar-refractivity contribution in [2.75, 3.05) is 0 Å². The van der Waals surface area contributed by atoms with Crippen molar-refractivity contribution in [3.63, 3.8) is 0 Å². The Bertz CT molecular complexity index is 4210. The molecular formula is C58H35N5. The second-order valence-electron chi connectivity index (χ2n) is 16.6. The number of aromatic nitrogens is 5. The summed E-state index contributed by atoms with van der Waals surface area (Å²) in [4.78, 5) is 11.0. The normalized spacial score (nSPS) is 12.1. The van der Waals surface area contributed by atoms with E-state index >= 15 is 0 Å². The zero-order chi connectivity index (χ0) is 41.2. The smallest absolute Gasteiger partial charge is 0.165 e. The van der Waals surface area contributed by atoms with Crippen LogP contribution in [0, 0.1) is 0 Å². The highest BCUT2D eigenvalue weighted by molar-refractivity contribution is 6.19. The molecule has 14 aromatic rings. The van der Waals surface area contributed by atoms with E-state index in [0.717, 1.165) is 61.4 Å². The zero-order valence-electron chi connectivity index (χ0n) is 33.9. The first-order valence-electron chi connectivity index (χ1n) is 21.5. The summed E-state index contributed by atoms with van der Waals surface area (Å²) in [6, 6.07) is 76.6. The highest BCUT2D eigenvalue weighted by Crippen LogP contribution is 2.42. The van der Waals surface area contributed by atoms with Gasteiger partial charge in [-0.1, -0.05) is 140 Å². The van der Waals surface area contributed by atoms with Crippen LogP contribution in [-0.4, -0.2) is 23.7 Å². The fourth-order valence-electron chi connectivity index (χ4n) is 10.4. The lowest BCUT2D eigenvalue weighted by Crippen LogP contribution is -2.04. The second kappa shape index (κ2) is 13.0. The predicted molar refractivity (Wildman–Crippen MR) is 263 cm³/mol. The van der Waals surface area contributed by atoms with E-state index in [9.17, 15) is 0 Å². The van der Waals surface area contributed by atoms with Crippen LogP contribution < -0.4 is 0 Å². The third kappa shape index (κ3) is 4.93. The lowest BCUT2D eigenvalue weighted by molar-refractivity contribution is 1.08. The van der Waals surface area contributed by atoms with Crippen LogP contribution in [0.25, 0.3) is 126 Å². The predicted octanol–water partition coefficient (Wildman–Crippen LogP) is 14.9. The molecule has 0 N–H and O–H groups in total. The molecule has 4 heterocycles. The lowest BCUT2D eigenvalue weighted by atomic mass is 10.0. The fraction of sp³-hybridized carbons (Fsp3) is 0. The summed E-state index contributed by atoms with van der Waals surface area (Å²) in [5.74, 6) is 0.801. The number of hydrogen-bond acceptors (Lipinski definition) is 2. The molecule has 63 heavy (non-hydrogen) atoms. The summed E-state index contributed by atoms with van der Waals surface area (Å²) in [6.45, 7) is 0. The molecule has 10 aromatic carbocycles. The summed E-state index contributed by atoms with van der Waals surface area (Å²) in [5.41, 5.74) is 12.7. The monoisotopic (exact) mass is 801 g/mol. The molecule has 0 saturated carbocycles. The summed E-state index contributed by atoms with van der Waals surface area (Å²) in [6.07, 6.45) is 0. The van der Waals surface area contributed by atoms with E-state index in [2.05, 4.69) is 214 Å². The maximum absolute atomic E-state index is 5.50. The van der Waals surface area contributed by atoms with Crippen molar-refractivity contribution in [2.45, 2.75) is 0 Å². The van der Waals surface area contributed by atoms with E-state index in [-0.39, 0.29) is 0 Å². The summed E-state index contributed by atoms with van der Waals surface area (Å²) >= 11 is 0. The first-order chi connectivity index (χ1) is 31.2. The average molecular weight is 802 g/mol. The molecule has 0 aliphatic carbocycles. The number of rotatable bonds is 4. The Morgan fingerprint density at radius 1 is 0.286 bits per heavy atom. The summed E-state index contributed by atoms with van der Waals surface area (Å²) < 4.78 is 7.15. The van der Waals surface area contributed by atoms with Crippen LogP contribution in [0.4, 0.5) is 0 Å². The number of hydrogen-bond donors (Lipinski definition) is 0. The van der Waals surface area contributed by atoms with Crippen molar-refractivity contribution < 1.29 is 0 Å². The third-order valence-corrected chi connectivity index (χ3v) is 13.2. The molecule has 4 aromatic heterocycles. The Balaban J connectivity index is 1.02. The minimum absolute atomic E-state index is 0.801. The second-order valence-corrected chi connectivity index (χ2v) is 16.6. The van der Waals surface area contributed by atoms with E-state index < -0.39 is 0 Å². The number of benzene rings is 10. The van der Waals surface area contributed by atoms with Gasteiger partial charge in [0.15, 0.2) is 5.82 Å². The fourth-order valence-corrected chi connectivity index (χ4v) is 10.4. The number of para-hydroxylation sites is 6. The van der Waals surface area contributed by atoms with Crippen molar-refractivity contribution in [1.29, 1.82) is 0 Å². The Kier molecular flexibility index (Phi) is 7.05. The molecule has 0 radical (unpaired) electrons. The molecule has 0 amide bonds. The van der Waals surface area contributed by atoms with Gasteiger partial charge in [-0.2, -0.15) is 0 Å². The van der Waals surface area contributed by atoms with E-state index in [0.29, 0.717) is 0 Å². The molecule has 0 aliphatic heterocycles. The molecule has 0 bridgehead atoms. The van der Waals surface area contributed by atoms with Gasteiger partial charge in [-0.25, -0.2) is 9.97 Å². The molecule has 14 rings (SSSR count).